The Bertz CT molecular complexity index is 2810. The summed E-state index contributed by atoms with van der Waals surface area (Å²) in [6.45, 7) is 17.1. The van der Waals surface area contributed by atoms with Crippen molar-refractivity contribution in [2.24, 2.45) is 41.2 Å². The van der Waals surface area contributed by atoms with E-state index >= 15 is 0 Å². The average molecular weight is 1290 g/mol. The number of methoxy groups -OCH3 is 1. The van der Waals surface area contributed by atoms with Gasteiger partial charge < -0.3 is 62.6 Å². The topological polar surface area (TPSA) is 340 Å². The first-order valence-electron chi connectivity index (χ1n) is 32.4. The van der Waals surface area contributed by atoms with Crippen molar-refractivity contribution in [3.05, 3.63) is 72.3 Å². The lowest BCUT2D eigenvalue weighted by Crippen LogP contribution is -2.59. The zero-order valence-electron chi connectivity index (χ0n) is 56.3. The minimum absolute atomic E-state index is 0.0212. The van der Waals surface area contributed by atoms with Crippen LogP contribution in [0.25, 0.3) is 0 Å². The summed E-state index contributed by atoms with van der Waals surface area (Å²) in [5.41, 5.74) is 6.65. The minimum Gasteiger partial charge on any atom is -0.396 e. The molecule has 2 aliphatic rings. The number of hydrogen-bond donors (Lipinski definition) is 9. The third kappa shape index (κ3) is 22.8. The van der Waals surface area contributed by atoms with Gasteiger partial charge in [-0.2, -0.15) is 0 Å². The predicted octanol–water partition coefficient (Wildman–Crippen LogP) is 4.09. The van der Waals surface area contributed by atoms with Crippen LogP contribution in [0, 0.1) is 35.5 Å². The Balaban J connectivity index is 1.45. The van der Waals surface area contributed by atoms with Crippen LogP contribution in [0.3, 0.4) is 0 Å². The number of carbonyl (C=O) groups excluding carboxylic acids is 11. The summed E-state index contributed by atoms with van der Waals surface area (Å²) in [5, 5.41) is 30.7. The van der Waals surface area contributed by atoms with E-state index in [9.17, 15) is 57.8 Å². The molecule has 0 saturated carbocycles. The zero-order chi connectivity index (χ0) is 68.5. The van der Waals surface area contributed by atoms with Gasteiger partial charge in [0.15, 0.2) is 0 Å². The molecule has 0 aliphatic carbocycles. The Hall–Kier alpha value is -7.77. The number of benzene rings is 2. The Morgan fingerprint density at radius 2 is 1.28 bits per heavy atom. The lowest BCUT2D eigenvalue weighted by molar-refractivity contribution is -0.145. The summed E-state index contributed by atoms with van der Waals surface area (Å²) in [5.74, 6) is -6.61. The molecule has 12 amide bonds. The van der Waals surface area contributed by atoms with Crippen molar-refractivity contribution in [1.29, 1.82) is 0 Å². The molecule has 25 heteroatoms. The van der Waals surface area contributed by atoms with Crippen LogP contribution in [-0.4, -0.2) is 193 Å². The second-order valence-corrected chi connectivity index (χ2v) is 25.7. The highest BCUT2D eigenvalue weighted by molar-refractivity contribution is 6.12. The van der Waals surface area contributed by atoms with Crippen LogP contribution in [0.1, 0.15) is 132 Å². The molecule has 2 aliphatic heterocycles. The van der Waals surface area contributed by atoms with Gasteiger partial charge in [-0.25, -0.2) is 4.79 Å². The molecule has 4 rings (SSSR count). The number of aliphatic hydroxyl groups excluding tert-OH is 1. The van der Waals surface area contributed by atoms with Crippen LogP contribution in [0.5, 0.6) is 0 Å². The van der Waals surface area contributed by atoms with E-state index in [2.05, 4.69) is 37.2 Å². The molecule has 2 aromatic carbocycles. The number of carbonyl (C=O) groups is 11. The molecular weight excluding hydrogens is 1180 g/mol. The van der Waals surface area contributed by atoms with E-state index in [1.165, 1.54) is 19.3 Å². The quantitative estimate of drug-likeness (QED) is 0.0338. The molecule has 0 radical (unpaired) electrons. The third-order valence-corrected chi connectivity index (χ3v) is 17.4. The maximum absolute atomic E-state index is 14.6. The second kappa shape index (κ2) is 37.7. The van der Waals surface area contributed by atoms with Crippen molar-refractivity contribution in [1.82, 2.24) is 46.2 Å². The number of unbranched alkanes of at least 4 members (excludes halogenated alkanes) is 2. The lowest BCUT2D eigenvalue weighted by atomic mass is 9.83. The summed E-state index contributed by atoms with van der Waals surface area (Å²) in [7, 11) is 6.78. The highest BCUT2D eigenvalue weighted by Crippen LogP contribution is 2.31. The van der Waals surface area contributed by atoms with Crippen molar-refractivity contribution in [3.8, 4) is 0 Å². The van der Waals surface area contributed by atoms with Crippen molar-refractivity contribution in [2.45, 2.75) is 181 Å². The largest absolute Gasteiger partial charge is 0.396 e. The summed E-state index contributed by atoms with van der Waals surface area (Å²) in [6, 6.07) is 8.90. The van der Waals surface area contributed by atoms with Gasteiger partial charge in [0.1, 0.15) is 24.2 Å². The molecule has 0 unspecified atom stereocenters. The van der Waals surface area contributed by atoms with Gasteiger partial charge in [-0.05, 0) is 106 Å². The van der Waals surface area contributed by atoms with Crippen LogP contribution >= 0.6 is 0 Å². The number of likely N-dealkylation sites (tertiary alicyclic amines) is 1. The molecule has 0 bridgehead atoms. The van der Waals surface area contributed by atoms with Crippen LogP contribution in [0.15, 0.2) is 66.7 Å². The Labute approximate surface area is 543 Å². The van der Waals surface area contributed by atoms with Gasteiger partial charge in [0.05, 0.1) is 24.1 Å². The number of imide groups is 1. The van der Waals surface area contributed by atoms with E-state index in [0.29, 0.717) is 56.4 Å². The van der Waals surface area contributed by atoms with Crippen molar-refractivity contribution in [2.75, 3.05) is 65.1 Å². The molecule has 0 spiro atoms. The summed E-state index contributed by atoms with van der Waals surface area (Å²) in [6.07, 6.45) is 5.30. The van der Waals surface area contributed by atoms with Crippen molar-refractivity contribution in [3.63, 3.8) is 0 Å². The fourth-order valence-electron chi connectivity index (χ4n) is 12.2. The number of hydrogen-bond acceptors (Lipinski definition) is 14. The standard InChI is InChI=1S/C67H104N12O13/c1-14-43(8)59(77(12)66(90)57(41(4)5)75-65(89)58(42(6)7)76(10)11)46(39-80)38-55(84)78-36-22-26-51(78)60(92-13)44(9)61(85)73-50(37-45-23-17-15-18-24-45)63(87)71-48-30-28-47(29-31-48)70-62(86)49(25-21-34-69-67(68)91)72-64(88)56(40(2)3)74-52(81)27-19-16-20-35-79-53(82)32-33-54(79)83/h15,17-18,23-24,28-33,40-44,46,49-51,56-60,80H,14,16,19-22,25-27,34-39H2,1-13H3,(H,70,86)(H,71,87)(H,72,88)(H,73,85)(H,74,81)(H,75,89)(H3,68,69,91)/t43-,44+,46-,49-,50-,51-,56-,57-,58-,59-,60+/m0/s1. The lowest BCUT2D eigenvalue weighted by Gasteiger charge is -2.41. The maximum atomic E-state index is 14.6. The van der Waals surface area contributed by atoms with Crippen LogP contribution in [0.2, 0.25) is 0 Å². The van der Waals surface area contributed by atoms with Gasteiger partial charge >= 0.3 is 6.03 Å². The predicted molar refractivity (Wildman–Crippen MR) is 351 cm³/mol. The number of ether oxygens (including phenoxy) is 1. The molecular formula is C67H104N12O13. The van der Waals surface area contributed by atoms with Crippen molar-refractivity contribution >= 4 is 76.5 Å². The molecule has 1 saturated heterocycles. The first-order chi connectivity index (χ1) is 43.5. The van der Waals surface area contributed by atoms with Gasteiger partial charge in [-0.15, -0.1) is 0 Å². The third-order valence-electron chi connectivity index (χ3n) is 17.4. The van der Waals surface area contributed by atoms with E-state index in [1.54, 1.807) is 61.9 Å². The second-order valence-electron chi connectivity index (χ2n) is 25.7. The molecule has 2 aromatic rings. The van der Waals surface area contributed by atoms with E-state index in [1.807, 2.05) is 90.9 Å². The molecule has 510 valence electrons. The number of likely N-dealkylation sites (N-methyl/N-ethyl adjacent to an activating group) is 2. The first kappa shape index (κ1) is 76.7. The number of nitrogens with two attached hydrogens (primary N) is 1. The number of rotatable bonds is 38. The SMILES string of the molecule is CC[C@H](C)[C@@H]([C@H](CO)CC(=O)N1CCC[C@H]1[C@H](OC)[C@@H](C)C(=O)N[C@@H](Cc1ccccc1)C(=O)Nc1ccc(NC(=O)[C@H](CCCNC(N)=O)NC(=O)[C@@H](NC(=O)CCCCCN2C(=O)C=CC2=O)C(C)C)cc1)N(C)C(=O)[C@@H](NC(=O)[C@H](C(C)C)N(C)C)C(C)C. The minimum atomic E-state index is -1.13. The van der Waals surface area contributed by atoms with Gasteiger partial charge in [0.2, 0.25) is 47.3 Å². The molecule has 0 aromatic heterocycles. The maximum Gasteiger partial charge on any atom is 0.312 e. The number of aliphatic hydroxyl groups is 1. The number of nitrogens with one attached hydrogen (secondary N) is 7. The summed E-state index contributed by atoms with van der Waals surface area (Å²) in [4.78, 5) is 154. The monoisotopic (exact) mass is 1280 g/mol. The van der Waals surface area contributed by atoms with E-state index in [-0.39, 0.29) is 98.4 Å². The van der Waals surface area contributed by atoms with Crippen LogP contribution < -0.4 is 43.0 Å². The number of amides is 12. The van der Waals surface area contributed by atoms with E-state index in [4.69, 9.17) is 10.5 Å². The summed E-state index contributed by atoms with van der Waals surface area (Å²) < 4.78 is 6.06. The van der Waals surface area contributed by atoms with Crippen molar-refractivity contribution < 1.29 is 62.6 Å². The molecule has 10 N–H and O–H groups in total. The number of primary amides is 1. The zero-order valence-corrected chi connectivity index (χ0v) is 56.3. The Kier molecular flexibility index (Phi) is 31.4. The van der Waals surface area contributed by atoms with Gasteiger partial charge in [-0.1, -0.05) is 105 Å². The Morgan fingerprint density at radius 1 is 0.696 bits per heavy atom. The fourth-order valence-corrected chi connectivity index (χ4v) is 12.2. The molecule has 92 heavy (non-hydrogen) atoms. The van der Waals surface area contributed by atoms with E-state index < -0.39 is 102 Å². The van der Waals surface area contributed by atoms with Gasteiger partial charge in [0, 0.05) is 95.1 Å². The normalized spacial score (nSPS) is 17.3. The number of anilines is 2. The number of nitrogens with zero attached hydrogens (tertiary/aromatic N) is 4. The highest BCUT2D eigenvalue weighted by atomic mass is 16.5. The first-order valence-corrected chi connectivity index (χ1v) is 32.4. The molecule has 25 nitrogen and oxygen atoms in total. The summed E-state index contributed by atoms with van der Waals surface area (Å²) >= 11 is 0. The van der Waals surface area contributed by atoms with Gasteiger partial charge in [-0.3, -0.25) is 57.7 Å². The van der Waals surface area contributed by atoms with E-state index in [0.717, 1.165) is 10.5 Å². The average Bonchev–Trinajstić information content (AvgIpc) is 1.55. The highest BCUT2D eigenvalue weighted by Gasteiger charge is 2.44. The number of urea groups is 1. The van der Waals surface area contributed by atoms with Crippen LogP contribution in [-0.2, 0) is 59.1 Å². The van der Waals surface area contributed by atoms with Crippen LogP contribution in [0.4, 0.5) is 16.2 Å². The Morgan fingerprint density at radius 3 is 1.82 bits per heavy atom. The molecule has 2 heterocycles. The fraction of sp³-hybridized carbons (Fsp3) is 0.627. The molecule has 11 atom stereocenters. The van der Waals surface area contributed by atoms with Gasteiger partial charge in [0.25, 0.3) is 11.8 Å². The molecule has 1 fully saturated rings. The smallest absolute Gasteiger partial charge is 0.312 e.